The lowest BCUT2D eigenvalue weighted by atomic mass is 10.3. The predicted molar refractivity (Wildman–Crippen MR) is 53.0 cm³/mol. The molecule has 0 aromatic rings. The van der Waals surface area contributed by atoms with Gasteiger partial charge in [0.2, 0.25) is 5.91 Å². The lowest BCUT2D eigenvalue weighted by Crippen LogP contribution is -2.44. The Morgan fingerprint density at radius 1 is 1.36 bits per heavy atom. The van der Waals surface area contributed by atoms with E-state index < -0.39 is 0 Å². The first-order valence-electron chi connectivity index (χ1n) is 5.07. The highest BCUT2D eigenvalue weighted by Gasteiger charge is 2.15. The molecule has 0 unspecified atom stereocenters. The fourth-order valence-electron chi connectivity index (χ4n) is 1.41. The number of aliphatic hydroxyl groups is 1. The summed E-state index contributed by atoms with van der Waals surface area (Å²) in [6, 6.07) is 0. The van der Waals surface area contributed by atoms with Crippen LogP contribution in [0.15, 0.2) is 0 Å². The Morgan fingerprint density at radius 2 is 2.07 bits per heavy atom. The highest BCUT2D eigenvalue weighted by atomic mass is 16.3. The molecule has 0 atom stereocenters. The molecule has 1 heterocycles. The van der Waals surface area contributed by atoms with E-state index in [1.54, 1.807) is 0 Å². The van der Waals surface area contributed by atoms with Crippen LogP contribution in [0.1, 0.15) is 6.42 Å². The van der Waals surface area contributed by atoms with E-state index in [1.807, 2.05) is 4.90 Å². The molecule has 1 rings (SSSR count). The van der Waals surface area contributed by atoms with Gasteiger partial charge in [0.25, 0.3) is 0 Å². The van der Waals surface area contributed by atoms with Crippen LogP contribution in [-0.4, -0.2) is 61.8 Å². The molecule has 1 radical (unpaired) electrons. The van der Waals surface area contributed by atoms with E-state index in [-0.39, 0.29) is 12.5 Å². The zero-order valence-electron chi connectivity index (χ0n) is 8.41. The van der Waals surface area contributed by atoms with Crippen LogP contribution in [0.3, 0.4) is 0 Å². The first-order valence-corrected chi connectivity index (χ1v) is 5.07. The van der Waals surface area contributed by atoms with Crippen molar-refractivity contribution in [3.05, 3.63) is 0 Å². The summed E-state index contributed by atoms with van der Waals surface area (Å²) in [5.41, 5.74) is 0. The Labute approximate surface area is 84.5 Å². The molecular weight excluding hydrogens is 182 g/mol. The molecule has 5 nitrogen and oxygen atoms in total. The van der Waals surface area contributed by atoms with Gasteiger partial charge < -0.3 is 15.3 Å². The van der Waals surface area contributed by atoms with Gasteiger partial charge in [0.15, 0.2) is 0 Å². The fraction of sp³-hybridized carbons (Fsp3) is 0.889. The van der Waals surface area contributed by atoms with Crippen LogP contribution in [0.2, 0.25) is 0 Å². The predicted octanol–water partition coefficient (Wildman–Crippen LogP) is -1.59. The highest BCUT2D eigenvalue weighted by Crippen LogP contribution is 1.96. The molecule has 1 amide bonds. The molecule has 1 aliphatic rings. The van der Waals surface area contributed by atoms with Crippen LogP contribution in [0.5, 0.6) is 0 Å². The first-order chi connectivity index (χ1) is 6.84. The monoisotopic (exact) mass is 200 g/mol. The third-order valence-corrected chi connectivity index (χ3v) is 2.21. The van der Waals surface area contributed by atoms with Crippen LogP contribution in [0, 0.1) is 0 Å². The van der Waals surface area contributed by atoms with Gasteiger partial charge in [-0.2, -0.15) is 0 Å². The maximum atomic E-state index is 11.5. The fourth-order valence-corrected chi connectivity index (χ4v) is 1.41. The molecule has 2 N–H and O–H groups in total. The van der Waals surface area contributed by atoms with E-state index in [0.717, 1.165) is 26.2 Å². The molecule has 1 fully saturated rings. The lowest BCUT2D eigenvalue weighted by Gasteiger charge is -2.26. The molecule has 14 heavy (non-hydrogen) atoms. The minimum Gasteiger partial charge on any atom is -0.395 e. The third-order valence-electron chi connectivity index (χ3n) is 2.21. The maximum absolute atomic E-state index is 11.5. The summed E-state index contributed by atoms with van der Waals surface area (Å²) in [7, 11) is 0. The molecule has 0 spiro atoms. The van der Waals surface area contributed by atoms with Crippen molar-refractivity contribution in [3.63, 3.8) is 0 Å². The summed E-state index contributed by atoms with van der Waals surface area (Å²) in [4.78, 5) is 13.4. The Morgan fingerprint density at radius 3 is 2.71 bits per heavy atom. The van der Waals surface area contributed by atoms with Crippen LogP contribution in [0.25, 0.3) is 0 Å². The van der Waals surface area contributed by atoms with Gasteiger partial charge in [0, 0.05) is 45.7 Å². The van der Waals surface area contributed by atoms with Gasteiger partial charge in [-0.3, -0.25) is 4.79 Å². The molecular formula is C9H18N3O2. The molecule has 0 aromatic heterocycles. The van der Waals surface area contributed by atoms with Crippen molar-refractivity contribution in [2.75, 3.05) is 45.9 Å². The second kappa shape index (κ2) is 6.75. The molecule has 1 saturated heterocycles. The number of rotatable bonds is 5. The van der Waals surface area contributed by atoms with E-state index in [0.29, 0.717) is 19.5 Å². The van der Waals surface area contributed by atoms with Crippen molar-refractivity contribution >= 4 is 5.91 Å². The smallest absolute Gasteiger partial charge is 0.223 e. The molecule has 1 aliphatic heterocycles. The summed E-state index contributed by atoms with van der Waals surface area (Å²) in [5, 5.41) is 15.7. The van der Waals surface area contributed by atoms with Gasteiger partial charge in [-0.1, -0.05) is 0 Å². The van der Waals surface area contributed by atoms with Crippen molar-refractivity contribution in [1.29, 1.82) is 0 Å². The number of carbonyl (C=O) groups is 1. The van der Waals surface area contributed by atoms with Crippen molar-refractivity contribution in [2.45, 2.75) is 6.42 Å². The van der Waals surface area contributed by atoms with Crippen molar-refractivity contribution in [2.24, 2.45) is 0 Å². The minimum atomic E-state index is 0.122. The van der Waals surface area contributed by atoms with Crippen LogP contribution in [0.4, 0.5) is 0 Å². The van der Waals surface area contributed by atoms with Gasteiger partial charge in [0.05, 0.1) is 6.61 Å². The Kier molecular flexibility index (Phi) is 5.51. The van der Waals surface area contributed by atoms with Gasteiger partial charge in [-0.25, -0.2) is 5.32 Å². The quantitative estimate of drug-likeness (QED) is 0.526. The number of piperazine rings is 1. The number of nitrogens with zero attached hydrogens (tertiary/aromatic N) is 2. The van der Waals surface area contributed by atoms with E-state index in [1.165, 1.54) is 0 Å². The van der Waals surface area contributed by atoms with Crippen LogP contribution >= 0.6 is 0 Å². The number of hydrogen-bond donors (Lipinski definition) is 2. The number of amides is 1. The summed E-state index contributed by atoms with van der Waals surface area (Å²) < 4.78 is 0. The topological polar surface area (TPSA) is 66.7 Å². The number of aliphatic hydroxyl groups excluding tert-OH is 1. The average molecular weight is 200 g/mol. The Bertz CT molecular complexity index is 169. The minimum absolute atomic E-state index is 0.122. The Balaban J connectivity index is 2.07. The van der Waals surface area contributed by atoms with Crippen molar-refractivity contribution in [1.82, 2.24) is 15.5 Å². The molecule has 0 aromatic carbocycles. The van der Waals surface area contributed by atoms with E-state index in [4.69, 9.17) is 5.11 Å². The van der Waals surface area contributed by atoms with Crippen molar-refractivity contribution in [3.8, 4) is 0 Å². The average Bonchev–Trinajstić information content (AvgIpc) is 2.25. The van der Waals surface area contributed by atoms with Crippen molar-refractivity contribution < 1.29 is 9.90 Å². The summed E-state index contributed by atoms with van der Waals surface area (Å²) >= 11 is 0. The largest absolute Gasteiger partial charge is 0.395 e. The molecule has 5 heteroatoms. The molecule has 0 aliphatic carbocycles. The maximum Gasteiger partial charge on any atom is 0.223 e. The summed E-state index contributed by atoms with van der Waals surface area (Å²) in [6.07, 6.45) is 0.514. The molecule has 0 saturated carbocycles. The zero-order chi connectivity index (χ0) is 10.2. The highest BCUT2D eigenvalue weighted by molar-refractivity contribution is 5.76. The third kappa shape index (κ3) is 4.04. The Hall–Kier alpha value is -0.650. The summed E-state index contributed by atoms with van der Waals surface area (Å²) in [6.45, 7) is 4.40. The van der Waals surface area contributed by atoms with E-state index in [9.17, 15) is 4.79 Å². The standard InChI is InChI=1S/C9H18N3O2/c13-8-5-10-2-1-9(14)12-6-3-11-4-7-12/h10,13H,1-8H2. The number of hydrogen-bond acceptors (Lipinski definition) is 3. The number of carbonyl (C=O) groups excluding carboxylic acids is 1. The first kappa shape index (κ1) is 11.4. The van der Waals surface area contributed by atoms with Crippen LogP contribution < -0.4 is 10.6 Å². The van der Waals surface area contributed by atoms with Crippen LogP contribution in [-0.2, 0) is 4.79 Å². The van der Waals surface area contributed by atoms with Gasteiger partial charge in [-0.15, -0.1) is 0 Å². The lowest BCUT2D eigenvalue weighted by molar-refractivity contribution is -0.131. The second-order valence-electron chi connectivity index (χ2n) is 3.28. The van der Waals surface area contributed by atoms with Gasteiger partial charge >= 0.3 is 0 Å². The summed E-state index contributed by atoms with van der Waals surface area (Å²) in [5.74, 6) is 0.185. The second-order valence-corrected chi connectivity index (χ2v) is 3.28. The number of nitrogens with one attached hydrogen (secondary N) is 1. The van der Waals surface area contributed by atoms with E-state index in [2.05, 4.69) is 10.6 Å². The zero-order valence-corrected chi connectivity index (χ0v) is 8.41. The molecule has 81 valence electrons. The van der Waals surface area contributed by atoms with E-state index >= 15 is 0 Å². The SMILES string of the molecule is O=C(CCNCCO)N1CC[N]CC1. The normalized spacial score (nSPS) is 17.1. The molecule has 0 bridgehead atoms. The van der Waals surface area contributed by atoms with Gasteiger partial charge in [0.1, 0.15) is 0 Å². The van der Waals surface area contributed by atoms with Gasteiger partial charge in [-0.05, 0) is 0 Å².